The molecule has 1 saturated heterocycles. The molecule has 1 fully saturated rings. The van der Waals surface area contributed by atoms with Gasteiger partial charge in [-0.25, -0.2) is 5.48 Å². The van der Waals surface area contributed by atoms with Crippen molar-refractivity contribution in [3.8, 4) is 0 Å². The van der Waals surface area contributed by atoms with Gasteiger partial charge in [-0.05, 0) is 57.9 Å². The predicted molar refractivity (Wildman–Crippen MR) is 124 cm³/mol. The minimum Gasteiger partial charge on any atom is -0.368 e. The van der Waals surface area contributed by atoms with E-state index >= 15 is 0 Å². The Morgan fingerprint density at radius 1 is 1.09 bits per heavy atom. The molecule has 1 heterocycles. The maximum Gasteiger partial charge on any atom is 0.245 e. The molecule has 8 N–H and O–H groups in total. The lowest BCUT2D eigenvalue weighted by atomic mass is 9.92. The molecule has 194 valence electrons. The van der Waals surface area contributed by atoms with Crippen molar-refractivity contribution in [1.29, 1.82) is 0 Å². The number of unbranched alkanes of at least 4 members (excludes halogenated alkanes) is 1. The zero-order valence-electron chi connectivity index (χ0n) is 20.3. The Labute approximate surface area is 200 Å². The van der Waals surface area contributed by atoms with Crippen molar-refractivity contribution in [2.24, 2.45) is 23.3 Å². The van der Waals surface area contributed by atoms with Crippen LogP contribution in [0.1, 0.15) is 65.7 Å². The lowest BCUT2D eigenvalue weighted by Crippen LogP contribution is -2.55. The number of likely N-dealkylation sites (tertiary alicyclic amines) is 1. The van der Waals surface area contributed by atoms with Gasteiger partial charge in [0.25, 0.3) is 0 Å². The molecule has 0 bridgehead atoms. The summed E-state index contributed by atoms with van der Waals surface area (Å²) in [6, 6.07) is -2.54. The lowest BCUT2D eigenvalue weighted by Gasteiger charge is -2.29. The van der Waals surface area contributed by atoms with Crippen molar-refractivity contribution in [2.75, 3.05) is 13.1 Å². The van der Waals surface area contributed by atoms with Gasteiger partial charge in [-0.15, -0.1) is 0 Å². The molecule has 0 radical (unpaired) electrons. The topological polar surface area (TPSA) is 197 Å². The molecule has 5 amide bonds. The van der Waals surface area contributed by atoms with Gasteiger partial charge in [0.1, 0.15) is 18.1 Å². The van der Waals surface area contributed by atoms with Crippen LogP contribution in [0, 0.1) is 11.8 Å². The Morgan fingerprint density at radius 3 is 2.32 bits per heavy atom. The molecule has 1 rings (SSSR count). The smallest absolute Gasteiger partial charge is 0.245 e. The van der Waals surface area contributed by atoms with Crippen LogP contribution >= 0.6 is 0 Å². The fourth-order valence-electron chi connectivity index (χ4n) is 4.11. The number of carbonyl (C=O) groups excluding carboxylic acids is 5. The van der Waals surface area contributed by atoms with Crippen LogP contribution in [0.3, 0.4) is 0 Å². The maximum atomic E-state index is 13.1. The summed E-state index contributed by atoms with van der Waals surface area (Å²) in [4.78, 5) is 63.3. The number of amides is 5. The van der Waals surface area contributed by atoms with Gasteiger partial charge in [-0.3, -0.25) is 29.2 Å². The van der Waals surface area contributed by atoms with Crippen molar-refractivity contribution >= 4 is 29.5 Å². The fourth-order valence-corrected chi connectivity index (χ4v) is 4.11. The standard InChI is InChI=1S/C22H40N6O6/c1-13(2)11-15(12-18(29)27-34)20(31)25-14(3)22(33)28-10-6-8-17(28)21(32)26-16(19(24)30)7-4-5-9-23/h13-17,34H,4-12,23H2,1-3H3,(H2,24,30)(H,25,31)(H,26,32)(H,27,29)/t14-,15+,16-,17-/m0/s1. The van der Waals surface area contributed by atoms with Gasteiger partial charge in [-0.2, -0.15) is 0 Å². The number of nitrogens with two attached hydrogens (primary N) is 2. The Bertz CT molecular complexity index is 731. The van der Waals surface area contributed by atoms with Crippen LogP contribution in [-0.4, -0.2) is 70.9 Å². The second-order valence-electron chi connectivity index (χ2n) is 9.23. The second kappa shape index (κ2) is 14.5. The third-order valence-corrected chi connectivity index (χ3v) is 5.86. The first-order valence-electron chi connectivity index (χ1n) is 11.8. The number of hydroxylamine groups is 1. The van der Waals surface area contributed by atoms with E-state index in [-0.39, 0.29) is 12.3 Å². The summed E-state index contributed by atoms with van der Waals surface area (Å²) >= 11 is 0. The number of carbonyl (C=O) groups is 5. The van der Waals surface area contributed by atoms with E-state index in [9.17, 15) is 24.0 Å². The van der Waals surface area contributed by atoms with Crippen LogP contribution in [0.15, 0.2) is 0 Å². The molecule has 0 spiro atoms. The quantitative estimate of drug-likeness (QED) is 0.105. The summed E-state index contributed by atoms with van der Waals surface area (Å²) in [5, 5.41) is 14.1. The van der Waals surface area contributed by atoms with E-state index in [4.69, 9.17) is 16.7 Å². The van der Waals surface area contributed by atoms with Gasteiger partial charge < -0.3 is 27.0 Å². The molecule has 0 aromatic rings. The zero-order valence-corrected chi connectivity index (χ0v) is 20.3. The first kappa shape index (κ1) is 29.3. The minimum atomic E-state index is -0.927. The summed E-state index contributed by atoms with van der Waals surface area (Å²) in [7, 11) is 0. The zero-order chi connectivity index (χ0) is 25.8. The van der Waals surface area contributed by atoms with E-state index < -0.39 is 53.6 Å². The first-order valence-corrected chi connectivity index (χ1v) is 11.8. The van der Waals surface area contributed by atoms with E-state index in [2.05, 4.69) is 10.6 Å². The average Bonchev–Trinajstić information content (AvgIpc) is 3.26. The van der Waals surface area contributed by atoms with Crippen LogP contribution < -0.4 is 27.6 Å². The van der Waals surface area contributed by atoms with Crippen molar-refractivity contribution < 1.29 is 29.2 Å². The van der Waals surface area contributed by atoms with Crippen molar-refractivity contribution in [3.63, 3.8) is 0 Å². The number of hydrogen-bond donors (Lipinski definition) is 6. The molecular formula is C22H40N6O6. The van der Waals surface area contributed by atoms with E-state index in [1.807, 2.05) is 13.8 Å². The van der Waals surface area contributed by atoms with Crippen LogP contribution in [-0.2, 0) is 24.0 Å². The molecule has 0 aromatic heterocycles. The van der Waals surface area contributed by atoms with Crippen LogP contribution in [0.5, 0.6) is 0 Å². The molecule has 4 atom stereocenters. The van der Waals surface area contributed by atoms with E-state index in [1.165, 1.54) is 17.3 Å². The Hall–Kier alpha value is -2.73. The van der Waals surface area contributed by atoms with Crippen LogP contribution in [0.2, 0.25) is 0 Å². The average molecular weight is 485 g/mol. The number of nitrogens with one attached hydrogen (secondary N) is 3. The molecular weight excluding hydrogens is 444 g/mol. The number of nitrogens with zero attached hydrogens (tertiary/aromatic N) is 1. The highest BCUT2D eigenvalue weighted by Crippen LogP contribution is 2.20. The second-order valence-corrected chi connectivity index (χ2v) is 9.23. The monoisotopic (exact) mass is 484 g/mol. The summed E-state index contributed by atoms with van der Waals surface area (Å²) in [6.45, 7) is 6.12. The van der Waals surface area contributed by atoms with Gasteiger partial charge in [0, 0.05) is 18.9 Å². The van der Waals surface area contributed by atoms with Gasteiger partial charge in [0.2, 0.25) is 29.5 Å². The molecule has 1 aliphatic heterocycles. The molecule has 0 aliphatic carbocycles. The summed E-state index contributed by atoms with van der Waals surface area (Å²) < 4.78 is 0. The Morgan fingerprint density at radius 2 is 1.76 bits per heavy atom. The summed E-state index contributed by atoms with van der Waals surface area (Å²) in [5.41, 5.74) is 12.4. The normalized spacial score (nSPS) is 18.2. The maximum absolute atomic E-state index is 13.1. The number of primary amides is 1. The first-order chi connectivity index (χ1) is 16.0. The number of hydrogen-bond acceptors (Lipinski definition) is 7. The molecule has 0 saturated carbocycles. The number of rotatable bonds is 14. The van der Waals surface area contributed by atoms with Crippen molar-refractivity contribution in [2.45, 2.75) is 83.8 Å². The SMILES string of the molecule is CC(C)C[C@H](CC(=O)NO)C(=O)N[C@@H](C)C(=O)N1CCC[C@H]1C(=O)N[C@@H](CCCCN)C(N)=O. The van der Waals surface area contributed by atoms with E-state index in [0.717, 1.165) is 0 Å². The third kappa shape index (κ3) is 9.26. The largest absolute Gasteiger partial charge is 0.368 e. The van der Waals surface area contributed by atoms with Crippen LogP contribution in [0.4, 0.5) is 0 Å². The highest BCUT2D eigenvalue weighted by Gasteiger charge is 2.38. The van der Waals surface area contributed by atoms with Crippen LogP contribution in [0.25, 0.3) is 0 Å². The van der Waals surface area contributed by atoms with Crippen molar-refractivity contribution in [3.05, 3.63) is 0 Å². The van der Waals surface area contributed by atoms with Gasteiger partial charge in [-0.1, -0.05) is 13.8 Å². The summed E-state index contributed by atoms with van der Waals surface area (Å²) in [5.74, 6) is -3.31. The minimum absolute atomic E-state index is 0.114. The van der Waals surface area contributed by atoms with Gasteiger partial charge >= 0.3 is 0 Å². The van der Waals surface area contributed by atoms with E-state index in [1.54, 1.807) is 0 Å². The highest BCUT2D eigenvalue weighted by molar-refractivity contribution is 5.95. The van der Waals surface area contributed by atoms with E-state index in [0.29, 0.717) is 51.6 Å². The lowest BCUT2D eigenvalue weighted by molar-refractivity contribution is -0.142. The molecule has 1 aliphatic rings. The fraction of sp³-hybridized carbons (Fsp3) is 0.773. The molecule has 12 nitrogen and oxygen atoms in total. The summed E-state index contributed by atoms with van der Waals surface area (Å²) in [6.07, 6.45) is 2.91. The molecule has 12 heteroatoms. The molecule has 0 unspecified atom stereocenters. The third-order valence-electron chi connectivity index (χ3n) is 5.86. The Balaban J connectivity index is 2.80. The van der Waals surface area contributed by atoms with Gasteiger partial charge in [0.05, 0.1) is 0 Å². The Kier molecular flexibility index (Phi) is 12.5. The van der Waals surface area contributed by atoms with Crippen molar-refractivity contribution in [1.82, 2.24) is 21.0 Å². The van der Waals surface area contributed by atoms with Gasteiger partial charge in [0.15, 0.2) is 0 Å². The predicted octanol–water partition coefficient (Wildman–Crippen LogP) is -0.861. The molecule has 34 heavy (non-hydrogen) atoms. The molecule has 0 aromatic carbocycles. The highest BCUT2D eigenvalue weighted by atomic mass is 16.5.